The van der Waals surface area contributed by atoms with E-state index in [1.807, 2.05) is 71.6 Å². The second-order valence-electron chi connectivity index (χ2n) is 22.0. The van der Waals surface area contributed by atoms with Gasteiger partial charge in [-0.3, -0.25) is 19.7 Å². The fraction of sp³-hybridized carbons (Fsp3) is 0.556. The third-order valence-electron chi connectivity index (χ3n) is 15.1. The molecule has 5 amide bonds. The lowest BCUT2D eigenvalue weighted by Crippen LogP contribution is -2.49. The fourth-order valence-corrected chi connectivity index (χ4v) is 11.2. The number of hydrazine groups is 2. The van der Waals surface area contributed by atoms with Crippen molar-refractivity contribution >= 4 is 41.2 Å². The minimum Gasteiger partial charge on any atom is -0.494 e. The Morgan fingerprint density at radius 3 is 2.20 bits per heavy atom. The molecule has 0 radical (unpaired) electrons. The number of likely N-dealkylation sites (N-methyl/N-ethyl adjacent to an activating group) is 2. The third kappa shape index (κ3) is 25.2. The normalized spacial score (nSPS) is 17.6. The second kappa shape index (κ2) is 38.4. The Bertz CT molecular complexity index is 2630. The number of unbranched alkanes of at least 4 members (excludes halogenated alkanes) is 1. The fourth-order valence-electron chi connectivity index (χ4n) is 10.1. The molecule has 3 heterocycles. The van der Waals surface area contributed by atoms with Gasteiger partial charge >= 0.3 is 6.03 Å². The molecule has 4 aromatic rings. The summed E-state index contributed by atoms with van der Waals surface area (Å²) in [4.78, 5) is 61.2. The number of benzene rings is 4. The zero-order valence-corrected chi connectivity index (χ0v) is 51.6. The number of thioether (sulfide) groups is 1. The molecule has 21 nitrogen and oxygen atoms in total. The van der Waals surface area contributed by atoms with Gasteiger partial charge in [-0.15, -0.1) is 11.8 Å². The minimum absolute atomic E-state index is 0.0218. The molecule has 4 aromatic carbocycles. The molecule has 3 fully saturated rings. The second-order valence-corrected chi connectivity index (χ2v) is 23.1. The van der Waals surface area contributed by atoms with E-state index in [9.17, 15) is 28.0 Å². The van der Waals surface area contributed by atoms with E-state index in [4.69, 9.17) is 28.4 Å². The first-order chi connectivity index (χ1) is 42.4. The number of nitrogens with one attached hydrogen (secondary N) is 6. The smallest absolute Gasteiger partial charge is 0.321 e. The summed E-state index contributed by atoms with van der Waals surface area (Å²) in [6, 6.07) is 28.8. The lowest BCUT2D eigenvalue weighted by molar-refractivity contribution is -0.141. The molecular weight excluding hydrogens is 1140 g/mol. The molecule has 24 heteroatoms. The molecule has 0 saturated carbocycles. The van der Waals surface area contributed by atoms with Crippen molar-refractivity contribution in [3.8, 4) is 11.5 Å². The Labute approximate surface area is 516 Å². The lowest BCUT2D eigenvalue weighted by Gasteiger charge is -2.33. The van der Waals surface area contributed by atoms with Gasteiger partial charge in [0.05, 0.1) is 39.6 Å². The van der Waals surface area contributed by atoms with Crippen LogP contribution in [0.15, 0.2) is 103 Å². The van der Waals surface area contributed by atoms with Crippen LogP contribution >= 0.6 is 11.8 Å². The first-order valence-electron chi connectivity index (χ1n) is 30.4. The predicted molar refractivity (Wildman–Crippen MR) is 332 cm³/mol. The molecule has 0 bridgehead atoms. The number of nitrogens with zero attached hydrogens (tertiary/aromatic N) is 5. The number of rotatable bonds is 39. The van der Waals surface area contributed by atoms with Crippen LogP contribution in [-0.2, 0) is 46.3 Å². The first kappa shape index (κ1) is 68.5. The molecule has 3 aliphatic heterocycles. The van der Waals surface area contributed by atoms with Gasteiger partial charge in [0.1, 0.15) is 29.6 Å². The summed E-state index contributed by atoms with van der Waals surface area (Å²) in [6.45, 7) is 11.6. The SMILES string of the molecule is COCCCN(C(=O)CCc1ccc(OCCCCN(C)CCOCCOCCC2CN(CCOCCOc3ccc(NC(=O)NC4NC(CC(=O)N5CCN(C)CC5)CS4)cc3)NN2)cc1)C(C(=O)NCc1ccccc1)c1cccc(C(F)F)c1. The van der Waals surface area contributed by atoms with E-state index in [0.29, 0.717) is 102 Å². The van der Waals surface area contributed by atoms with Crippen LogP contribution in [0.5, 0.6) is 11.5 Å². The highest BCUT2D eigenvalue weighted by molar-refractivity contribution is 8.00. The molecule has 4 atom stereocenters. The van der Waals surface area contributed by atoms with E-state index < -0.39 is 18.4 Å². The van der Waals surface area contributed by atoms with Gasteiger partial charge in [-0.2, -0.15) is 5.53 Å². The standard InChI is InChI=1S/C63H91F2N11O10S/c1-72(26-7-8-35-85-55-20-15-48(16-21-55)17-24-57(77)76(27-10-34-81-3)59(50-13-9-14-51(43-50)60(64)65)61(79)66-45-49-11-5-4-6-12-49)32-37-83-40-39-82-36-25-53-46-75(71-70-53)33-38-84-41-42-86-56-22-18-52(19-23-56)67-62(80)69-63-68-54(47-87-63)44-58(78)74-30-28-73(2)29-31-74/h4-6,9,11-16,18-23,43,53-54,59-60,63,68,70-71H,7-8,10,17,24-42,44-47H2,1-3H3,(H,66,79)(H2,67,69,80). The summed E-state index contributed by atoms with van der Waals surface area (Å²) in [7, 11) is 5.72. The Hall–Kier alpha value is -6.03. The number of aryl methyl sites for hydroxylation is 1. The van der Waals surface area contributed by atoms with Crippen molar-refractivity contribution in [3.63, 3.8) is 0 Å². The number of carbonyl (C=O) groups is 4. The van der Waals surface area contributed by atoms with Crippen LogP contribution in [-0.4, -0.2) is 211 Å². The summed E-state index contributed by atoms with van der Waals surface area (Å²) in [5, 5.41) is 14.2. The maximum absolute atomic E-state index is 14.0. The number of hydrogen-bond acceptors (Lipinski definition) is 17. The van der Waals surface area contributed by atoms with Gasteiger partial charge < -0.3 is 64.0 Å². The number of hydrogen-bond donors (Lipinski definition) is 6. The number of piperazine rings is 1. The summed E-state index contributed by atoms with van der Waals surface area (Å²) >= 11 is 1.58. The van der Waals surface area contributed by atoms with E-state index in [0.717, 1.165) is 87.7 Å². The van der Waals surface area contributed by atoms with Gasteiger partial charge in [0.25, 0.3) is 6.43 Å². The number of amides is 5. The Balaban J connectivity index is 0.660. The summed E-state index contributed by atoms with van der Waals surface area (Å²) in [6.07, 6.45) is 1.40. The molecule has 3 saturated heterocycles. The topological polar surface area (TPSA) is 212 Å². The maximum atomic E-state index is 14.0. The quantitative estimate of drug-likeness (QED) is 0.0281. The average molecular weight is 1230 g/mol. The van der Waals surface area contributed by atoms with Gasteiger partial charge in [0.2, 0.25) is 17.7 Å². The van der Waals surface area contributed by atoms with E-state index >= 15 is 0 Å². The number of methoxy groups -OCH3 is 1. The van der Waals surface area contributed by atoms with Gasteiger partial charge in [-0.05, 0) is 112 Å². The Morgan fingerprint density at radius 1 is 0.724 bits per heavy atom. The van der Waals surface area contributed by atoms with Crippen LogP contribution < -0.4 is 41.7 Å². The number of anilines is 1. The highest BCUT2D eigenvalue weighted by Crippen LogP contribution is 2.29. The zero-order chi connectivity index (χ0) is 61.4. The molecule has 478 valence electrons. The van der Waals surface area contributed by atoms with Crippen molar-refractivity contribution in [2.75, 3.05) is 151 Å². The predicted octanol–water partition coefficient (Wildman–Crippen LogP) is 6.06. The largest absolute Gasteiger partial charge is 0.494 e. The zero-order valence-electron chi connectivity index (χ0n) is 50.8. The molecule has 0 aliphatic carbocycles. The monoisotopic (exact) mass is 1230 g/mol. The van der Waals surface area contributed by atoms with Crippen LogP contribution in [0.1, 0.15) is 73.2 Å². The average Bonchev–Trinajstić information content (AvgIpc) is 4.35. The highest BCUT2D eigenvalue weighted by Gasteiger charge is 2.33. The molecule has 87 heavy (non-hydrogen) atoms. The van der Waals surface area contributed by atoms with E-state index in [2.05, 4.69) is 61.1 Å². The van der Waals surface area contributed by atoms with Crippen LogP contribution in [0, 0.1) is 0 Å². The van der Waals surface area contributed by atoms with Crippen LogP contribution in [0.3, 0.4) is 0 Å². The van der Waals surface area contributed by atoms with E-state index in [1.54, 1.807) is 37.1 Å². The van der Waals surface area contributed by atoms with Crippen LogP contribution in [0.4, 0.5) is 19.3 Å². The van der Waals surface area contributed by atoms with E-state index in [1.165, 1.54) is 23.1 Å². The van der Waals surface area contributed by atoms with Gasteiger partial charge in [-0.25, -0.2) is 24.0 Å². The van der Waals surface area contributed by atoms with Gasteiger partial charge in [0, 0.05) is 121 Å². The van der Waals surface area contributed by atoms with E-state index in [-0.39, 0.29) is 60.5 Å². The minimum atomic E-state index is -2.73. The highest BCUT2D eigenvalue weighted by atomic mass is 32.2. The Kier molecular flexibility index (Phi) is 30.2. The molecular formula is C63H91F2N11O10S. The van der Waals surface area contributed by atoms with Crippen molar-refractivity contribution in [3.05, 3.63) is 125 Å². The van der Waals surface area contributed by atoms with Crippen molar-refractivity contribution in [1.29, 1.82) is 0 Å². The number of halogens is 2. The lowest BCUT2D eigenvalue weighted by atomic mass is 10.00. The molecule has 7 rings (SSSR count). The Morgan fingerprint density at radius 2 is 1.44 bits per heavy atom. The number of urea groups is 1. The van der Waals surface area contributed by atoms with Crippen LogP contribution in [0.2, 0.25) is 0 Å². The number of alkyl halides is 2. The van der Waals surface area contributed by atoms with Crippen LogP contribution in [0.25, 0.3) is 0 Å². The molecule has 0 spiro atoms. The summed E-state index contributed by atoms with van der Waals surface area (Å²) < 4.78 is 62.3. The van der Waals surface area contributed by atoms with Gasteiger partial charge in [-0.1, -0.05) is 60.7 Å². The van der Waals surface area contributed by atoms with Crippen molar-refractivity contribution < 1.29 is 56.4 Å². The molecule has 6 N–H and O–H groups in total. The van der Waals surface area contributed by atoms with Crippen molar-refractivity contribution in [2.24, 2.45) is 0 Å². The molecule has 4 unspecified atom stereocenters. The number of ether oxygens (including phenoxy) is 6. The maximum Gasteiger partial charge on any atom is 0.321 e. The number of carbonyl (C=O) groups excluding carboxylic acids is 4. The summed E-state index contributed by atoms with van der Waals surface area (Å²) in [5.74, 6) is 1.61. The first-order valence-corrected chi connectivity index (χ1v) is 31.5. The van der Waals surface area contributed by atoms with Crippen molar-refractivity contribution in [1.82, 2.24) is 51.5 Å². The van der Waals surface area contributed by atoms with Gasteiger partial charge in [0.15, 0.2) is 0 Å². The summed E-state index contributed by atoms with van der Waals surface area (Å²) in [5.41, 5.74) is 8.81. The molecule has 3 aliphatic rings. The molecule has 0 aromatic heterocycles. The third-order valence-corrected chi connectivity index (χ3v) is 16.3. The van der Waals surface area contributed by atoms with Crippen molar-refractivity contribution in [2.45, 2.75) is 81.5 Å².